The van der Waals surface area contributed by atoms with Gasteiger partial charge in [0, 0.05) is 48.7 Å². The number of nitrogens with zero attached hydrogens (tertiary/aromatic N) is 3. The molecule has 0 unspecified atom stereocenters. The van der Waals surface area contributed by atoms with Gasteiger partial charge in [0.15, 0.2) is 11.5 Å². The van der Waals surface area contributed by atoms with Gasteiger partial charge in [-0.05, 0) is 61.4 Å². The highest BCUT2D eigenvalue weighted by molar-refractivity contribution is 5.95. The summed E-state index contributed by atoms with van der Waals surface area (Å²) in [7, 11) is 0. The molecule has 9 heteroatoms. The Morgan fingerprint density at radius 3 is 2.62 bits per heavy atom. The molecule has 6 rings (SSSR count). The average molecular weight is 499 g/mol. The van der Waals surface area contributed by atoms with E-state index < -0.39 is 0 Å². The maximum absolute atomic E-state index is 13.0. The first-order valence-electron chi connectivity index (χ1n) is 12.3. The van der Waals surface area contributed by atoms with Gasteiger partial charge in [0.25, 0.3) is 5.91 Å². The van der Waals surface area contributed by atoms with E-state index in [9.17, 15) is 9.59 Å². The Hall–Kier alpha value is -4.53. The van der Waals surface area contributed by atoms with Gasteiger partial charge in [0.05, 0.1) is 5.69 Å². The Balaban J connectivity index is 0.995. The van der Waals surface area contributed by atoms with E-state index in [0.29, 0.717) is 61.0 Å². The molecule has 2 aliphatic rings. The van der Waals surface area contributed by atoms with E-state index in [2.05, 4.69) is 10.3 Å². The number of fused-ring (bicyclic) bond motifs is 2. The van der Waals surface area contributed by atoms with Crippen LogP contribution in [0.25, 0.3) is 5.65 Å². The van der Waals surface area contributed by atoms with E-state index in [1.165, 1.54) is 0 Å². The quantitative estimate of drug-likeness (QED) is 0.430. The molecule has 2 aromatic carbocycles. The number of pyridine rings is 1. The molecular formula is C28H26N4O5. The second-order valence-electron chi connectivity index (χ2n) is 9.14. The number of rotatable bonds is 6. The van der Waals surface area contributed by atoms with Gasteiger partial charge in [-0.1, -0.05) is 6.07 Å². The van der Waals surface area contributed by atoms with Crippen molar-refractivity contribution in [3.8, 4) is 17.2 Å². The number of nitrogens with one attached hydrogen (secondary N) is 1. The van der Waals surface area contributed by atoms with Gasteiger partial charge in [0.1, 0.15) is 18.0 Å². The summed E-state index contributed by atoms with van der Waals surface area (Å²) >= 11 is 0. The van der Waals surface area contributed by atoms with Crippen LogP contribution >= 0.6 is 0 Å². The van der Waals surface area contributed by atoms with Crippen LogP contribution in [0.15, 0.2) is 73.1 Å². The van der Waals surface area contributed by atoms with Crippen LogP contribution in [0, 0.1) is 5.92 Å². The Bertz CT molecular complexity index is 1410. The maximum Gasteiger partial charge on any atom is 0.253 e. The SMILES string of the molecule is O=C(Nc1ccc2c(c1)OCO2)C1CCN(C(=O)c2ccc(OCc3cn4ccccc4n3)cc2)CC1. The van der Waals surface area contributed by atoms with Crippen LogP contribution in [0.2, 0.25) is 0 Å². The molecule has 37 heavy (non-hydrogen) atoms. The monoisotopic (exact) mass is 498 g/mol. The van der Waals surface area contributed by atoms with Crippen molar-refractivity contribution < 1.29 is 23.8 Å². The summed E-state index contributed by atoms with van der Waals surface area (Å²) in [6, 6.07) is 18.4. The summed E-state index contributed by atoms with van der Waals surface area (Å²) in [5, 5.41) is 2.96. The van der Waals surface area contributed by atoms with Gasteiger partial charge >= 0.3 is 0 Å². The van der Waals surface area contributed by atoms with Crippen LogP contribution in [0.3, 0.4) is 0 Å². The van der Waals surface area contributed by atoms with Crippen LogP contribution in [-0.2, 0) is 11.4 Å². The number of amides is 2. The molecule has 1 saturated heterocycles. The predicted molar refractivity (Wildman–Crippen MR) is 136 cm³/mol. The van der Waals surface area contributed by atoms with Crippen molar-refractivity contribution in [2.75, 3.05) is 25.2 Å². The van der Waals surface area contributed by atoms with Gasteiger partial charge < -0.3 is 28.8 Å². The van der Waals surface area contributed by atoms with Gasteiger partial charge in [-0.2, -0.15) is 0 Å². The lowest BCUT2D eigenvalue weighted by Crippen LogP contribution is -2.41. The number of carbonyl (C=O) groups is 2. The molecule has 0 atom stereocenters. The minimum absolute atomic E-state index is 0.0403. The van der Waals surface area contributed by atoms with Crippen LogP contribution in [0.1, 0.15) is 28.9 Å². The van der Waals surface area contributed by atoms with E-state index >= 15 is 0 Å². The van der Waals surface area contributed by atoms with Crippen LogP contribution in [-0.4, -0.2) is 46.0 Å². The van der Waals surface area contributed by atoms with Crippen molar-refractivity contribution in [3.05, 3.63) is 84.3 Å². The van der Waals surface area contributed by atoms with E-state index in [4.69, 9.17) is 14.2 Å². The molecule has 0 bridgehead atoms. The average Bonchev–Trinajstić information content (AvgIpc) is 3.58. The highest BCUT2D eigenvalue weighted by Crippen LogP contribution is 2.34. The fraction of sp³-hybridized carbons (Fsp3) is 0.250. The number of anilines is 1. The zero-order valence-corrected chi connectivity index (χ0v) is 20.1. The fourth-order valence-corrected chi connectivity index (χ4v) is 4.65. The lowest BCUT2D eigenvalue weighted by atomic mass is 9.95. The lowest BCUT2D eigenvalue weighted by Gasteiger charge is -2.31. The van der Waals surface area contributed by atoms with Crippen molar-refractivity contribution >= 4 is 23.1 Å². The van der Waals surface area contributed by atoms with Crippen molar-refractivity contribution in [2.45, 2.75) is 19.4 Å². The number of benzene rings is 2. The summed E-state index contributed by atoms with van der Waals surface area (Å²) in [4.78, 5) is 32.1. The van der Waals surface area contributed by atoms with Gasteiger partial charge in [-0.15, -0.1) is 0 Å². The molecule has 9 nitrogen and oxygen atoms in total. The maximum atomic E-state index is 13.0. The molecule has 2 aromatic heterocycles. The van der Waals surface area contributed by atoms with E-state index in [1.54, 1.807) is 47.4 Å². The van der Waals surface area contributed by atoms with Gasteiger partial charge in [-0.3, -0.25) is 9.59 Å². The molecular weight excluding hydrogens is 472 g/mol. The zero-order valence-electron chi connectivity index (χ0n) is 20.1. The second-order valence-corrected chi connectivity index (χ2v) is 9.14. The summed E-state index contributed by atoms with van der Waals surface area (Å²) in [5.41, 5.74) is 2.98. The number of ether oxygens (including phenoxy) is 3. The molecule has 1 fully saturated rings. The van der Waals surface area contributed by atoms with Crippen LogP contribution in [0.5, 0.6) is 17.2 Å². The molecule has 1 N–H and O–H groups in total. The number of piperidine rings is 1. The molecule has 0 saturated carbocycles. The van der Waals surface area contributed by atoms with Crippen molar-refractivity contribution in [1.29, 1.82) is 0 Å². The summed E-state index contributed by atoms with van der Waals surface area (Å²) in [6.45, 7) is 1.60. The highest BCUT2D eigenvalue weighted by atomic mass is 16.7. The molecule has 2 amide bonds. The first-order valence-corrected chi connectivity index (χ1v) is 12.3. The first kappa shape index (κ1) is 22.9. The molecule has 0 aliphatic carbocycles. The Morgan fingerprint density at radius 2 is 1.81 bits per heavy atom. The molecule has 2 aliphatic heterocycles. The minimum atomic E-state index is -0.148. The highest BCUT2D eigenvalue weighted by Gasteiger charge is 2.28. The standard InChI is InChI=1S/C28H26N4O5/c33-27(30-21-6-9-24-25(15-21)37-18-36-24)19-10-13-31(14-11-19)28(34)20-4-7-23(8-5-20)35-17-22-16-32-12-2-1-3-26(32)29-22/h1-9,12,15-16,19H,10-11,13-14,17-18H2,(H,30,33). The summed E-state index contributed by atoms with van der Waals surface area (Å²) in [5.74, 6) is 1.75. The minimum Gasteiger partial charge on any atom is -0.487 e. The third-order valence-electron chi connectivity index (χ3n) is 6.69. The Morgan fingerprint density at radius 1 is 1.00 bits per heavy atom. The van der Waals surface area contributed by atoms with Crippen LogP contribution < -0.4 is 19.5 Å². The first-order chi connectivity index (χ1) is 18.1. The van der Waals surface area contributed by atoms with Crippen LogP contribution in [0.4, 0.5) is 5.69 Å². The molecule has 4 aromatic rings. The predicted octanol–water partition coefficient (Wildman–Crippen LogP) is 4.13. The third-order valence-corrected chi connectivity index (χ3v) is 6.69. The van der Waals surface area contributed by atoms with E-state index in [-0.39, 0.29) is 24.5 Å². The van der Waals surface area contributed by atoms with Crippen molar-refractivity contribution in [1.82, 2.24) is 14.3 Å². The number of likely N-dealkylation sites (tertiary alicyclic amines) is 1. The number of carbonyl (C=O) groups excluding carboxylic acids is 2. The number of hydrogen-bond donors (Lipinski definition) is 1. The molecule has 0 spiro atoms. The van der Waals surface area contributed by atoms with Crippen molar-refractivity contribution in [2.24, 2.45) is 5.92 Å². The summed E-state index contributed by atoms with van der Waals surface area (Å²) < 4.78 is 18.5. The Kier molecular flexibility index (Phi) is 6.10. The zero-order chi connectivity index (χ0) is 25.2. The summed E-state index contributed by atoms with van der Waals surface area (Å²) in [6.07, 6.45) is 5.11. The smallest absolute Gasteiger partial charge is 0.253 e. The largest absolute Gasteiger partial charge is 0.487 e. The molecule has 188 valence electrons. The number of imidazole rings is 1. The van der Waals surface area contributed by atoms with E-state index in [0.717, 1.165) is 11.3 Å². The normalized spacial score (nSPS) is 15.1. The number of hydrogen-bond acceptors (Lipinski definition) is 6. The number of aromatic nitrogens is 2. The van der Waals surface area contributed by atoms with E-state index in [1.807, 2.05) is 35.0 Å². The lowest BCUT2D eigenvalue weighted by molar-refractivity contribution is -0.121. The topological polar surface area (TPSA) is 94.4 Å². The van der Waals surface area contributed by atoms with Crippen molar-refractivity contribution in [3.63, 3.8) is 0 Å². The molecule has 4 heterocycles. The van der Waals surface area contributed by atoms with Gasteiger partial charge in [-0.25, -0.2) is 4.98 Å². The van der Waals surface area contributed by atoms with Gasteiger partial charge in [0.2, 0.25) is 12.7 Å². The Labute approximate surface area is 213 Å². The molecule has 0 radical (unpaired) electrons. The fourth-order valence-electron chi connectivity index (χ4n) is 4.65. The second kappa shape index (κ2) is 9.85. The third kappa shape index (κ3) is 4.93.